The first-order valence-corrected chi connectivity index (χ1v) is 7.14. The van der Waals surface area contributed by atoms with Crippen LogP contribution in [0.5, 0.6) is 0 Å². The lowest BCUT2D eigenvalue weighted by molar-refractivity contribution is -0.121. The fourth-order valence-electron chi connectivity index (χ4n) is 2.23. The van der Waals surface area contributed by atoms with E-state index in [2.05, 4.69) is 15.6 Å². The van der Waals surface area contributed by atoms with E-state index in [0.29, 0.717) is 30.0 Å². The molecule has 0 aliphatic carbocycles. The Morgan fingerprint density at radius 3 is 2.91 bits per heavy atom. The second kappa shape index (κ2) is 7.17. The van der Waals surface area contributed by atoms with Crippen LogP contribution in [0, 0.1) is 13.8 Å². The molecule has 2 heterocycles. The minimum absolute atomic E-state index is 0.126. The van der Waals surface area contributed by atoms with Gasteiger partial charge in [-0.3, -0.25) is 9.59 Å². The second-order valence-corrected chi connectivity index (χ2v) is 5.02. The minimum atomic E-state index is -0.343. The lowest BCUT2D eigenvalue weighted by Gasteiger charge is -2.07. The Labute approximate surface area is 127 Å². The van der Waals surface area contributed by atoms with Crippen molar-refractivity contribution >= 4 is 16.8 Å². The molecule has 1 amide bonds. The maximum absolute atomic E-state index is 12.2. The number of hydrogen-bond donors (Lipinski definition) is 1. The molecule has 0 radical (unpaired) electrons. The standard InChI is InChI=1S/C14H20N4O4/c1-9-12-10(2)22-17-13(12)14(20)18(16-9)7-5-11(19)15-6-4-8-21-3/h4-8H2,1-3H3,(H,15,19). The van der Waals surface area contributed by atoms with Crippen LogP contribution in [0.25, 0.3) is 10.9 Å². The average molecular weight is 308 g/mol. The summed E-state index contributed by atoms with van der Waals surface area (Å²) in [5.74, 6) is 0.444. The quantitative estimate of drug-likeness (QED) is 0.750. The summed E-state index contributed by atoms with van der Waals surface area (Å²) in [6.45, 7) is 4.88. The molecule has 0 fully saturated rings. The molecule has 1 N–H and O–H groups in total. The van der Waals surface area contributed by atoms with Crippen molar-refractivity contribution in [2.45, 2.75) is 33.2 Å². The van der Waals surface area contributed by atoms with Gasteiger partial charge in [-0.1, -0.05) is 5.16 Å². The third-order valence-corrected chi connectivity index (χ3v) is 3.33. The molecule has 0 aromatic carbocycles. The van der Waals surface area contributed by atoms with Crippen molar-refractivity contribution in [3.63, 3.8) is 0 Å². The van der Waals surface area contributed by atoms with Gasteiger partial charge in [-0.25, -0.2) is 4.68 Å². The number of carbonyl (C=O) groups is 1. The predicted octanol–water partition coefficient (Wildman–Crippen LogP) is 0.544. The molecule has 2 rings (SSSR count). The first kappa shape index (κ1) is 16.2. The van der Waals surface area contributed by atoms with Crippen molar-refractivity contribution in [2.24, 2.45) is 0 Å². The molecular weight excluding hydrogens is 288 g/mol. The number of rotatable bonds is 7. The van der Waals surface area contributed by atoms with Gasteiger partial charge in [-0.05, 0) is 20.3 Å². The minimum Gasteiger partial charge on any atom is -0.385 e. The zero-order valence-electron chi connectivity index (χ0n) is 13.0. The highest BCUT2D eigenvalue weighted by atomic mass is 16.5. The van der Waals surface area contributed by atoms with Crippen LogP contribution in [0.2, 0.25) is 0 Å². The normalized spacial score (nSPS) is 11.0. The molecule has 0 aliphatic heterocycles. The smallest absolute Gasteiger partial charge is 0.296 e. The Morgan fingerprint density at radius 2 is 2.18 bits per heavy atom. The van der Waals surface area contributed by atoms with Crippen LogP contribution < -0.4 is 10.9 Å². The van der Waals surface area contributed by atoms with Crippen LogP contribution in [0.3, 0.4) is 0 Å². The number of nitrogens with one attached hydrogen (secondary N) is 1. The molecule has 8 heteroatoms. The number of methoxy groups -OCH3 is 1. The number of nitrogens with zero attached hydrogens (tertiary/aromatic N) is 3. The van der Waals surface area contributed by atoms with Crippen molar-refractivity contribution in [3.8, 4) is 0 Å². The van der Waals surface area contributed by atoms with Crippen molar-refractivity contribution in [1.29, 1.82) is 0 Å². The number of carbonyl (C=O) groups excluding carboxylic acids is 1. The summed E-state index contributed by atoms with van der Waals surface area (Å²) in [4.78, 5) is 23.9. The van der Waals surface area contributed by atoms with Gasteiger partial charge >= 0.3 is 0 Å². The van der Waals surface area contributed by atoms with Crippen LogP contribution >= 0.6 is 0 Å². The van der Waals surface area contributed by atoms with Crippen LogP contribution in [0.15, 0.2) is 9.32 Å². The Balaban J connectivity index is 2.02. The topological polar surface area (TPSA) is 99.2 Å². The van der Waals surface area contributed by atoms with E-state index in [1.807, 2.05) is 0 Å². The van der Waals surface area contributed by atoms with Crippen molar-refractivity contribution < 1.29 is 14.1 Å². The number of amides is 1. The summed E-state index contributed by atoms with van der Waals surface area (Å²) < 4.78 is 11.2. The lowest BCUT2D eigenvalue weighted by atomic mass is 10.2. The molecule has 0 unspecified atom stereocenters. The summed E-state index contributed by atoms with van der Waals surface area (Å²) in [5, 5.41) is 11.4. The number of fused-ring (bicyclic) bond motifs is 1. The first-order valence-electron chi connectivity index (χ1n) is 7.14. The summed E-state index contributed by atoms with van der Waals surface area (Å²) >= 11 is 0. The Kier molecular flexibility index (Phi) is 5.26. The highest BCUT2D eigenvalue weighted by Crippen LogP contribution is 2.16. The maximum Gasteiger partial charge on any atom is 0.296 e. The molecule has 8 nitrogen and oxygen atoms in total. The third kappa shape index (κ3) is 3.51. The summed E-state index contributed by atoms with van der Waals surface area (Å²) in [7, 11) is 1.62. The van der Waals surface area contributed by atoms with Gasteiger partial charge in [0.25, 0.3) is 5.56 Å². The van der Waals surface area contributed by atoms with Gasteiger partial charge in [-0.2, -0.15) is 5.10 Å². The zero-order valence-corrected chi connectivity index (χ0v) is 13.0. The van der Waals surface area contributed by atoms with Gasteiger partial charge in [-0.15, -0.1) is 0 Å². The third-order valence-electron chi connectivity index (χ3n) is 3.33. The first-order chi connectivity index (χ1) is 10.5. The monoisotopic (exact) mass is 308 g/mol. The van der Waals surface area contributed by atoms with Gasteiger partial charge in [0.1, 0.15) is 5.76 Å². The van der Waals surface area contributed by atoms with Gasteiger partial charge < -0.3 is 14.6 Å². The number of ether oxygens (including phenoxy) is 1. The van der Waals surface area contributed by atoms with E-state index in [1.165, 1.54) is 4.68 Å². The molecule has 120 valence electrons. The van der Waals surface area contributed by atoms with Crippen molar-refractivity contribution in [2.75, 3.05) is 20.3 Å². The Bertz CT molecular complexity index is 719. The van der Waals surface area contributed by atoms with E-state index in [-0.39, 0.29) is 29.9 Å². The number of aromatic nitrogens is 3. The maximum atomic E-state index is 12.2. The van der Waals surface area contributed by atoms with Crippen LogP contribution in [0.4, 0.5) is 0 Å². The van der Waals surface area contributed by atoms with Gasteiger partial charge in [0.15, 0.2) is 5.52 Å². The second-order valence-electron chi connectivity index (χ2n) is 5.02. The van der Waals surface area contributed by atoms with Crippen molar-refractivity contribution in [1.82, 2.24) is 20.3 Å². The molecule has 0 saturated carbocycles. The summed E-state index contributed by atoms with van der Waals surface area (Å²) in [5.41, 5.74) is 0.573. The molecule has 2 aromatic rings. The average Bonchev–Trinajstić information content (AvgIpc) is 2.88. The van der Waals surface area contributed by atoms with E-state index in [1.54, 1.807) is 21.0 Å². The largest absolute Gasteiger partial charge is 0.385 e. The molecule has 0 saturated heterocycles. The molecule has 22 heavy (non-hydrogen) atoms. The van der Waals surface area contributed by atoms with Crippen LogP contribution in [-0.4, -0.2) is 41.1 Å². The van der Waals surface area contributed by atoms with Crippen LogP contribution in [0.1, 0.15) is 24.3 Å². The molecule has 2 aromatic heterocycles. The van der Waals surface area contributed by atoms with Gasteiger partial charge in [0.05, 0.1) is 17.6 Å². The molecular formula is C14H20N4O4. The fourth-order valence-corrected chi connectivity index (χ4v) is 2.23. The van der Waals surface area contributed by atoms with E-state index in [0.717, 1.165) is 6.42 Å². The molecule has 0 spiro atoms. The van der Waals surface area contributed by atoms with Crippen LogP contribution in [-0.2, 0) is 16.1 Å². The van der Waals surface area contributed by atoms with E-state index in [9.17, 15) is 9.59 Å². The van der Waals surface area contributed by atoms with E-state index < -0.39 is 0 Å². The van der Waals surface area contributed by atoms with E-state index >= 15 is 0 Å². The highest BCUT2D eigenvalue weighted by molar-refractivity contribution is 5.81. The summed E-state index contributed by atoms with van der Waals surface area (Å²) in [6.07, 6.45) is 0.936. The Hall–Kier alpha value is -2.22. The van der Waals surface area contributed by atoms with E-state index in [4.69, 9.17) is 9.26 Å². The lowest BCUT2D eigenvalue weighted by Crippen LogP contribution is -2.30. The fraction of sp³-hybridized carbons (Fsp3) is 0.571. The highest BCUT2D eigenvalue weighted by Gasteiger charge is 2.15. The SMILES string of the molecule is COCCCNC(=O)CCn1nc(C)c2c(C)onc2c1=O. The summed E-state index contributed by atoms with van der Waals surface area (Å²) in [6, 6.07) is 0. The number of aryl methyl sites for hydroxylation is 3. The zero-order chi connectivity index (χ0) is 16.1. The Morgan fingerprint density at radius 1 is 1.41 bits per heavy atom. The predicted molar refractivity (Wildman–Crippen MR) is 79.7 cm³/mol. The number of hydrogen-bond acceptors (Lipinski definition) is 6. The van der Waals surface area contributed by atoms with Crippen molar-refractivity contribution in [3.05, 3.63) is 21.8 Å². The molecule has 0 aliphatic rings. The molecule has 0 bridgehead atoms. The van der Waals surface area contributed by atoms with Gasteiger partial charge in [0.2, 0.25) is 5.91 Å². The molecule has 0 atom stereocenters. The van der Waals surface area contributed by atoms with Gasteiger partial charge in [0, 0.05) is 26.7 Å².